The lowest BCUT2D eigenvalue weighted by Crippen LogP contribution is -1.89. The molecule has 0 aromatic heterocycles. The SMILES string of the molecule is C=C/C(O)=C\C=C\C(=O)CCC. The highest BCUT2D eigenvalue weighted by atomic mass is 16.3. The summed E-state index contributed by atoms with van der Waals surface area (Å²) in [4.78, 5) is 10.9. The second kappa shape index (κ2) is 6.40. The summed E-state index contributed by atoms with van der Waals surface area (Å²) in [6.07, 6.45) is 7.12. The van der Waals surface area contributed by atoms with Gasteiger partial charge >= 0.3 is 0 Å². The molecule has 0 rings (SSSR count). The number of hydrogen-bond donors (Lipinski definition) is 1. The largest absolute Gasteiger partial charge is 0.508 e. The van der Waals surface area contributed by atoms with Gasteiger partial charge in [0.25, 0.3) is 0 Å². The van der Waals surface area contributed by atoms with Gasteiger partial charge in [0.2, 0.25) is 0 Å². The van der Waals surface area contributed by atoms with Crippen LogP contribution in [-0.4, -0.2) is 10.9 Å². The molecule has 0 fully saturated rings. The van der Waals surface area contributed by atoms with Gasteiger partial charge in [0, 0.05) is 6.42 Å². The van der Waals surface area contributed by atoms with Crippen molar-refractivity contribution in [2.24, 2.45) is 0 Å². The minimum absolute atomic E-state index is 0.0653. The van der Waals surface area contributed by atoms with Gasteiger partial charge in [0.15, 0.2) is 5.78 Å². The molecular weight excluding hydrogens is 152 g/mol. The quantitative estimate of drug-likeness (QED) is 0.387. The van der Waals surface area contributed by atoms with Gasteiger partial charge in [-0.15, -0.1) is 0 Å². The number of hydrogen-bond acceptors (Lipinski definition) is 2. The molecule has 0 saturated heterocycles. The third-order valence-corrected chi connectivity index (χ3v) is 1.25. The Kier molecular flexibility index (Phi) is 5.70. The van der Waals surface area contributed by atoms with Crippen LogP contribution in [0.2, 0.25) is 0 Å². The van der Waals surface area contributed by atoms with Gasteiger partial charge in [-0.05, 0) is 24.6 Å². The molecule has 0 bridgehead atoms. The van der Waals surface area contributed by atoms with Crippen molar-refractivity contribution in [1.29, 1.82) is 0 Å². The van der Waals surface area contributed by atoms with Gasteiger partial charge < -0.3 is 5.11 Å². The molecular formula is C10H14O2. The summed E-state index contributed by atoms with van der Waals surface area (Å²) in [5.74, 6) is 0.140. The van der Waals surface area contributed by atoms with Crippen molar-refractivity contribution in [3.63, 3.8) is 0 Å². The lowest BCUT2D eigenvalue weighted by Gasteiger charge is -1.87. The van der Waals surface area contributed by atoms with Crippen molar-refractivity contribution in [3.8, 4) is 0 Å². The molecule has 0 spiro atoms. The Balaban J connectivity index is 3.90. The third kappa shape index (κ3) is 5.47. The summed E-state index contributed by atoms with van der Waals surface area (Å²) in [6.45, 7) is 5.30. The molecule has 0 aliphatic carbocycles. The van der Waals surface area contributed by atoms with E-state index in [0.717, 1.165) is 6.42 Å². The van der Waals surface area contributed by atoms with Crippen molar-refractivity contribution in [2.45, 2.75) is 19.8 Å². The van der Waals surface area contributed by atoms with Crippen LogP contribution in [0.1, 0.15) is 19.8 Å². The van der Waals surface area contributed by atoms with Crippen LogP contribution in [0.3, 0.4) is 0 Å². The van der Waals surface area contributed by atoms with Crippen LogP contribution < -0.4 is 0 Å². The lowest BCUT2D eigenvalue weighted by atomic mass is 10.2. The maximum Gasteiger partial charge on any atom is 0.155 e. The smallest absolute Gasteiger partial charge is 0.155 e. The zero-order valence-corrected chi connectivity index (χ0v) is 7.29. The highest BCUT2D eigenvalue weighted by Gasteiger charge is 1.90. The van der Waals surface area contributed by atoms with Crippen LogP contribution in [0.5, 0.6) is 0 Å². The standard InChI is InChI=1S/C10H14O2/c1-3-6-10(12)8-5-7-9(11)4-2/h4-5,7-8,11H,2-3,6H2,1H3/b8-5+,9-7+. The van der Waals surface area contributed by atoms with Gasteiger partial charge in [-0.25, -0.2) is 0 Å². The lowest BCUT2D eigenvalue weighted by molar-refractivity contribution is -0.114. The van der Waals surface area contributed by atoms with E-state index in [0.29, 0.717) is 6.42 Å². The van der Waals surface area contributed by atoms with Gasteiger partial charge in [-0.1, -0.05) is 19.6 Å². The summed E-state index contributed by atoms with van der Waals surface area (Å²) >= 11 is 0. The van der Waals surface area contributed by atoms with E-state index >= 15 is 0 Å². The Hall–Kier alpha value is -1.31. The molecule has 2 heteroatoms. The number of aliphatic hydroxyl groups is 1. The zero-order chi connectivity index (χ0) is 9.40. The Bertz CT molecular complexity index is 212. The van der Waals surface area contributed by atoms with Crippen LogP contribution in [0.25, 0.3) is 0 Å². The van der Waals surface area contributed by atoms with E-state index in [9.17, 15) is 4.79 Å². The molecule has 0 heterocycles. The summed E-state index contributed by atoms with van der Waals surface area (Å²) in [5, 5.41) is 8.88. The van der Waals surface area contributed by atoms with Crippen LogP contribution in [0.15, 0.2) is 36.6 Å². The summed E-state index contributed by atoms with van der Waals surface area (Å²) in [6, 6.07) is 0. The Morgan fingerprint density at radius 2 is 2.25 bits per heavy atom. The zero-order valence-electron chi connectivity index (χ0n) is 7.29. The average Bonchev–Trinajstić information content (AvgIpc) is 2.04. The van der Waals surface area contributed by atoms with Crippen molar-refractivity contribution >= 4 is 5.78 Å². The maximum atomic E-state index is 10.9. The van der Waals surface area contributed by atoms with Crippen LogP contribution >= 0.6 is 0 Å². The molecule has 0 saturated carbocycles. The Morgan fingerprint density at radius 1 is 1.58 bits per heavy atom. The predicted molar refractivity (Wildman–Crippen MR) is 50.0 cm³/mol. The van der Waals surface area contributed by atoms with E-state index < -0.39 is 0 Å². The predicted octanol–water partition coefficient (Wildman–Crippen LogP) is 2.54. The first-order chi connectivity index (χ1) is 5.70. The maximum absolute atomic E-state index is 10.9. The Labute approximate surface area is 72.9 Å². The minimum atomic E-state index is 0.0653. The first-order valence-electron chi connectivity index (χ1n) is 3.93. The topological polar surface area (TPSA) is 37.3 Å². The first-order valence-corrected chi connectivity index (χ1v) is 3.93. The fourth-order valence-corrected chi connectivity index (χ4v) is 0.652. The van der Waals surface area contributed by atoms with E-state index in [4.69, 9.17) is 5.11 Å². The molecule has 2 nitrogen and oxygen atoms in total. The Morgan fingerprint density at radius 3 is 2.75 bits per heavy atom. The number of carbonyl (C=O) groups excluding carboxylic acids is 1. The van der Waals surface area contributed by atoms with E-state index in [1.807, 2.05) is 6.92 Å². The second-order valence-electron chi connectivity index (χ2n) is 2.37. The van der Waals surface area contributed by atoms with Gasteiger partial charge in [-0.2, -0.15) is 0 Å². The van der Waals surface area contributed by atoms with Crippen molar-refractivity contribution in [3.05, 3.63) is 36.6 Å². The molecule has 1 N–H and O–H groups in total. The van der Waals surface area contributed by atoms with E-state index in [2.05, 4.69) is 6.58 Å². The van der Waals surface area contributed by atoms with Crippen LogP contribution in [0.4, 0.5) is 0 Å². The molecule has 0 aromatic carbocycles. The highest BCUT2D eigenvalue weighted by Crippen LogP contribution is 1.93. The molecule has 66 valence electrons. The van der Waals surface area contributed by atoms with E-state index in [1.165, 1.54) is 24.3 Å². The highest BCUT2D eigenvalue weighted by molar-refractivity contribution is 5.89. The third-order valence-electron chi connectivity index (χ3n) is 1.25. The number of carbonyl (C=O) groups is 1. The fraction of sp³-hybridized carbons (Fsp3) is 0.300. The normalized spacial score (nSPS) is 11.9. The number of ketones is 1. The van der Waals surface area contributed by atoms with Crippen LogP contribution in [0, 0.1) is 0 Å². The van der Waals surface area contributed by atoms with E-state index in [-0.39, 0.29) is 11.5 Å². The first kappa shape index (κ1) is 10.7. The molecule has 0 radical (unpaired) electrons. The summed E-state index contributed by atoms with van der Waals surface area (Å²) < 4.78 is 0. The average molecular weight is 166 g/mol. The van der Waals surface area contributed by atoms with Gasteiger partial charge in [0.1, 0.15) is 5.76 Å². The molecule has 0 unspecified atom stereocenters. The summed E-state index contributed by atoms with van der Waals surface area (Å²) in [7, 11) is 0. The number of allylic oxidation sites excluding steroid dienone is 4. The van der Waals surface area contributed by atoms with Crippen LogP contribution in [-0.2, 0) is 4.79 Å². The second-order valence-corrected chi connectivity index (χ2v) is 2.37. The van der Waals surface area contributed by atoms with Crippen molar-refractivity contribution in [1.82, 2.24) is 0 Å². The van der Waals surface area contributed by atoms with E-state index in [1.54, 1.807) is 0 Å². The molecule has 0 aliphatic heterocycles. The number of rotatable bonds is 5. The molecule has 0 amide bonds. The molecule has 0 aromatic rings. The molecule has 12 heavy (non-hydrogen) atoms. The van der Waals surface area contributed by atoms with Crippen molar-refractivity contribution in [2.75, 3.05) is 0 Å². The minimum Gasteiger partial charge on any atom is -0.508 e. The fourth-order valence-electron chi connectivity index (χ4n) is 0.652. The molecule has 0 aliphatic rings. The van der Waals surface area contributed by atoms with Gasteiger partial charge in [-0.3, -0.25) is 4.79 Å². The number of aliphatic hydroxyl groups excluding tert-OH is 1. The summed E-state index contributed by atoms with van der Waals surface area (Å²) in [5.41, 5.74) is 0. The molecule has 0 atom stereocenters. The van der Waals surface area contributed by atoms with Gasteiger partial charge in [0.05, 0.1) is 0 Å². The monoisotopic (exact) mass is 166 g/mol. The van der Waals surface area contributed by atoms with Crippen molar-refractivity contribution < 1.29 is 9.90 Å².